The lowest BCUT2D eigenvalue weighted by Crippen LogP contribution is -2.28. The summed E-state index contributed by atoms with van der Waals surface area (Å²) in [7, 11) is 1.51. The Hall–Kier alpha value is -2.75. The lowest BCUT2D eigenvalue weighted by atomic mass is 10.2. The van der Waals surface area contributed by atoms with Crippen LogP contribution in [0.25, 0.3) is 0 Å². The van der Waals surface area contributed by atoms with Gasteiger partial charge in [-0.15, -0.1) is 0 Å². The maximum Gasteiger partial charge on any atom is 0.435 e. The number of hydrogen-bond donors (Lipinski definition) is 1. The molecule has 0 saturated heterocycles. The van der Waals surface area contributed by atoms with Crippen LogP contribution in [0.4, 0.5) is 18.9 Å². The third-order valence-electron chi connectivity index (χ3n) is 4.24. The lowest BCUT2D eigenvalue weighted by molar-refractivity contribution is -0.141. The SMILES string of the molecule is CCN(CC)CCOc1cc(NC(=O)Cn2ccc(C(F)(F)F)n2)ccc1OC. The van der Waals surface area contributed by atoms with Crippen molar-refractivity contribution in [3.05, 3.63) is 36.2 Å². The maximum atomic E-state index is 12.6. The molecular formula is C19H25F3N4O3. The molecular weight excluding hydrogens is 389 g/mol. The van der Waals surface area contributed by atoms with Crippen LogP contribution in [0.2, 0.25) is 0 Å². The second kappa shape index (κ2) is 10.1. The number of ether oxygens (including phenoxy) is 2. The third-order valence-corrected chi connectivity index (χ3v) is 4.24. The highest BCUT2D eigenvalue weighted by atomic mass is 19.4. The van der Waals surface area contributed by atoms with Gasteiger partial charge in [-0.2, -0.15) is 18.3 Å². The molecule has 1 heterocycles. The van der Waals surface area contributed by atoms with E-state index in [2.05, 4.69) is 29.2 Å². The minimum Gasteiger partial charge on any atom is -0.493 e. The Kier molecular flexibility index (Phi) is 7.89. The number of benzene rings is 1. The van der Waals surface area contributed by atoms with E-state index in [-0.39, 0.29) is 6.54 Å². The van der Waals surface area contributed by atoms with Crippen LogP contribution in [0.5, 0.6) is 11.5 Å². The Labute approximate surface area is 167 Å². The van der Waals surface area contributed by atoms with Gasteiger partial charge in [-0.05, 0) is 31.3 Å². The Bertz CT molecular complexity index is 804. The topological polar surface area (TPSA) is 68.6 Å². The highest BCUT2D eigenvalue weighted by Gasteiger charge is 2.33. The minimum absolute atomic E-state index is 0.347. The van der Waals surface area contributed by atoms with Crippen molar-refractivity contribution < 1.29 is 27.4 Å². The maximum absolute atomic E-state index is 12.6. The molecule has 1 aromatic carbocycles. The van der Waals surface area contributed by atoms with E-state index in [4.69, 9.17) is 9.47 Å². The Morgan fingerprint density at radius 1 is 1.21 bits per heavy atom. The summed E-state index contributed by atoms with van der Waals surface area (Å²) in [6, 6.07) is 5.71. The smallest absolute Gasteiger partial charge is 0.435 e. The Balaban J connectivity index is 1.99. The van der Waals surface area contributed by atoms with Gasteiger partial charge in [0.2, 0.25) is 5.91 Å². The predicted molar refractivity (Wildman–Crippen MR) is 102 cm³/mol. The number of alkyl halides is 3. The van der Waals surface area contributed by atoms with Gasteiger partial charge in [-0.25, -0.2) is 0 Å². The number of hydrogen-bond acceptors (Lipinski definition) is 5. The van der Waals surface area contributed by atoms with Crippen LogP contribution in [0.15, 0.2) is 30.5 Å². The summed E-state index contributed by atoms with van der Waals surface area (Å²) in [6.07, 6.45) is -3.44. The third kappa shape index (κ3) is 6.67. The van der Waals surface area contributed by atoms with Gasteiger partial charge in [0.05, 0.1) is 7.11 Å². The van der Waals surface area contributed by atoms with Gasteiger partial charge in [0.1, 0.15) is 13.2 Å². The van der Waals surface area contributed by atoms with E-state index in [0.717, 1.165) is 36.6 Å². The number of carbonyl (C=O) groups is 1. The number of methoxy groups -OCH3 is 1. The zero-order valence-corrected chi connectivity index (χ0v) is 16.6. The van der Waals surface area contributed by atoms with Gasteiger partial charge < -0.3 is 19.7 Å². The molecule has 2 aromatic rings. The van der Waals surface area contributed by atoms with Crippen molar-refractivity contribution in [2.75, 3.05) is 38.7 Å². The summed E-state index contributed by atoms with van der Waals surface area (Å²) in [4.78, 5) is 14.4. The molecule has 0 spiro atoms. The number of nitrogens with zero attached hydrogens (tertiary/aromatic N) is 3. The van der Waals surface area contributed by atoms with Crippen LogP contribution in [0.3, 0.4) is 0 Å². The largest absolute Gasteiger partial charge is 0.493 e. The second-order valence-corrected chi connectivity index (χ2v) is 6.19. The standard InChI is InChI=1S/C19H25F3N4O3/c1-4-25(5-2)10-11-29-16-12-14(6-7-15(16)28-3)23-18(27)13-26-9-8-17(24-26)19(20,21)22/h6-9,12H,4-5,10-11,13H2,1-3H3,(H,23,27). The number of amides is 1. The summed E-state index contributed by atoms with van der Waals surface area (Å²) in [5.74, 6) is 0.474. The van der Waals surface area contributed by atoms with Gasteiger partial charge in [0.15, 0.2) is 17.2 Å². The first-order valence-electron chi connectivity index (χ1n) is 9.20. The summed E-state index contributed by atoms with van der Waals surface area (Å²) in [5, 5.41) is 5.99. The highest BCUT2D eigenvalue weighted by molar-refractivity contribution is 5.90. The first-order chi connectivity index (χ1) is 13.8. The molecule has 0 aliphatic rings. The Morgan fingerprint density at radius 3 is 2.52 bits per heavy atom. The summed E-state index contributed by atoms with van der Waals surface area (Å²) in [5.41, 5.74) is -0.601. The van der Waals surface area contributed by atoms with Crippen molar-refractivity contribution in [2.24, 2.45) is 0 Å². The van der Waals surface area contributed by atoms with Crippen molar-refractivity contribution in [2.45, 2.75) is 26.6 Å². The van der Waals surface area contributed by atoms with Crippen LogP contribution in [0.1, 0.15) is 19.5 Å². The van der Waals surface area contributed by atoms with Crippen molar-refractivity contribution in [3.8, 4) is 11.5 Å². The van der Waals surface area contributed by atoms with Gasteiger partial charge in [0.25, 0.3) is 0 Å². The molecule has 0 aliphatic carbocycles. The molecule has 0 aliphatic heterocycles. The van der Waals surface area contributed by atoms with Gasteiger partial charge >= 0.3 is 6.18 Å². The lowest BCUT2D eigenvalue weighted by Gasteiger charge is -2.19. The van der Waals surface area contributed by atoms with Crippen molar-refractivity contribution in [1.29, 1.82) is 0 Å². The van der Waals surface area contributed by atoms with Crippen LogP contribution >= 0.6 is 0 Å². The Morgan fingerprint density at radius 2 is 1.93 bits per heavy atom. The van der Waals surface area contributed by atoms with E-state index >= 15 is 0 Å². The van der Waals surface area contributed by atoms with E-state index in [9.17, 15) is 18.0 Å². The van der Waals surface area contributed by atoms with Crippen LogP contribution in [0, 0.1) is 0 Å². The molecule has 0 saturated carbocycles. The number of likely N-dealkylation sites (N-methyl/N-ethyl adjacent to an activating group) is 1. The molecule has 10 heteroatoms. The molecule has 160 valence electrons. The monoisotopic (exact) mass is 414 g/mol. The zero-order chi connectivity index (χ0) is 21.4. The van der Waals surface area contributed by atoms with Crippen molar-refractivity contribution in [1.82, 2.24) is 14.7 Å². The molecule has 0 fully saturated rings. The fraction of sp³-hybridized carbons (Fsp3) is 0.474. The normalized spacial score (nSPS) is 11.6. The van der Waals surface area contributed by atoms with E-state index in [1.165, 1.54) is 7.11 Å². The number of aromatic nitrogens is 2. The highest BCUT2D eigenvalue weighted by Crippen LogP contribution is 2.30. The van der Waals surface area contributed by atoms with Crippen LogP contribution in [-0.2, 0) is 17.5 Å². The fourth-order valence-electron chi connectivity index (χ4n) is 2.64. The average molecular weight is 414 g/mol. The zero-order valence-electron chi connectivity index (χ0n) is 16.6. The number of halogens is 3. The van der Waals surface area contributed by atoms with Crippen LogP contribution < -0.4 is 14.8 Å². The predicted octanol–water partition coefficient (Wildman–Crippen LogP) is 3.27. The van der Waals surface area contributed by atoms with E-state index in [0.29, 0.717) is 23.8 Å². The van der Waals surface area contributed by atoms with E-state index < -0.39 is 17.8 Å². The quantitative estimate of drug-likeness (QED) is 0.646. The molecule has 1 amide bonds. The molecule has 1 N–H and O–H groups in total. The summed E-state index contributed by atoms with van der Waals surface area (Å²) < 4.78 is 49.8. The number of nitrogens with one attached hydrogen (secondary N) is 1. The fourth-order valence-corrected chi connectivity index (χ4v) is 2.64. The molecule has 0 bridgehead atoms. The van der Waals surface area contributed by atoms with Crippen molar-refractivity contribution >= 4 is 11.6 Å². The average Bonchev–Trinajstić information content (AvgIpc) is 3.14. The van der Waals surface area contributed by atoms with Gasteiger partial charge in [0, 0.05) is 24.5 Å². The second-order valence-electron chi connectivity index (χ2n) is 6.19. The molecule has 0 radical (unpaired) electrons. The number of carbonyl (C=O) groups excluding carboxylic acids is 1. The molecule has 0 atom stereocenters. The van der Waals surface area contributed by atoms with Gasteiger partial charge in [-0.3, -0.25) is 9.48 Å². The molecule has 2 rings (SSSR count). The minimum atomic E-state index is -4.55. The first-order valence-corrected chi connectivity index (χ1v) is 9.20. The molecule has 0 unspecified atom stereocenters. The molecule has 1 aromatic heterocycles. The van der Waals surface area contributed by atoms with E-state index in [1.807, 2.05) is 0 Å². The first kappa shape index (κ1) is 22.5. The molecule has 29 heavy (non-hydrogen) atoms. The summed E-state index contributed by atoms with van der Waals surface area (Å²) in [6.45, 7) is 6.80. The van der Waals surface area contributed by atoms with Crippen molar-refractivity contribution in [3.63, 3.8) is 0 Å². The summed E-state index contributed by atoms with van der Waals surface area (Å²) >= 11 is 0. The number of rotatable bonds is 10. The van der Waals surface area contributed by atoms with Gasteiger partial charge in [-0.1, -0.05) is 13.8 Å². The molecule has 7 nitrogen and oxygen atoms in total. The van der Waals surface area contributed by atoms with E-state index in [1.54, 1.807) is 18.2 Å². The number of anilines is 1. The van der Waals surface area contributed by atoms with Crippen LogP contribution in [-0.4, -0.2) is 53.9 Å².